The average molecular weight is 269 g/mol. The van der Waals surface area contributed by atoms with Gasteiger partial charge >= 0.3 is 0 Å². The minimum atomic E-state index is -3.59. The number of nitrogen functional groups attached to an aromatic ring is 1. The third kappa shape index (κ3) is 3.02. The lowest BCUT2D eigenvalue weighted by Crippen LogP contribution is -2.26. The van der Waals surface area contributed by atoms with Gasteiger partial charge in [-0.3, -0.25) is 0 Å². The second-order valence-electron chi connectivity index (χ2n) is 3.40. The van der Waals surface area contributed by atoms with Crippen molar-refractivity contribution in [3.05, 3.63) is 30.5 Å². The molecule has 96 valence electrons. The minimum Gasteiger partial charge on any atom is -0.384 e. The number of hydrogen-bond acceptors (Lipinski definition) is 7. The van der Waals surface area contributed by atoms with Crippen LogP contribution in [0.1, 0.15) is 5.89 Å². The molecule has 2 aromatic rings. The molecule has 2 heterocycles. The van der Waals surface area contributed by atoms with Crippen molar-refractivity contribution < 1.29 is 12.9 Å². The van der Waals surface area contributed by atoms with Crippen LogP contribution in [0, 0.1) is 0 Å². The van der Waals surface area contributed by atoms with E-state index in [9.17, 15) is 8.42 Å². The summed E-state index contributed by atoms with van der Waals surface area (Å²) in [6.45, 7) is 0.162. The molecule has 2 rings (SSSR count). The Morgan fingerprint density at radius 2 is 2.17 bits per heavy atom. The van der Waals surface area contributed by atoms with Crippen LogP contribution in [0.4, 0.5) is 5.82 Å². The molecule has 18 heavy (non-hydrogen) atoms. The Balaban J connectivity index is 1.97. The van der Waals surface area contributed by atoms with Crippen LogP contribution in [-0.2, 0) is 16.4 Å². The second kappa shape index (κ2) is 5.10. The van der Waals surface area contributed by atoms with Gasteiger partial charge in [0.1, 0.15) is 10.7 Å². The van der Waals surface area contributed by atoms with Crippen LogP contribution in [-0.4, -0.2) is 30.1 Å². The van der Waals surface area contributed by atoms with Crippen molar-refractivity contribution in [2.45, 2.75) is 11.3 Å². The smallest absolute Gasteiger partial charge is 0.242 e. The zero-order chi connectivity index (χ0) is 13.0. The predicted molar refractivity (Wildman–Crippen MR) is 61.8 cm³/mol. The number of nitrogens with zero attached hydrogens (tertiary/aromatic N) is 3. The third-order valence-corrected chi connectivity index (χ3v) is 3.55. The normalized spacial score (nSPS) is 11.6. The quantitative estimate of drug-likeness (QED) is 0.754. The Bertz CT molecular complexity index is 594. The van der Waals surface area contributed by atoms with Crippen molar-refractivity contribution >= 4 is 15.8 Å². The van der Waals surface area contributed by atoms with E-state index in [-0.39, 0.29) is 17.3 Å². The molecule has 0 aliphatic heterocycles. The molecule has 0 atom stereocenters. The topological polar surface area (TPSA) is 124 Å². The van der Waals surface area contributed by atoms with Gasteiger partial charge in [-0.25, -0.2) is 18.1 Å². The molecule has 0 radical (unpaired) electrons. The molecule has 0 unspecified atom stereocenters. The van der Waals surface area contributed by atoms with Gasteiger partial charge < -0.3 is 10.3 Å². The molecule has 3 N–H and O–H groups in total. The van der Waals surface area contributed by atoms with Crippen LogP contribution in [0.5, 0.6) is 0 Å². The molecular weight excluding hydrogens is 258 g/mol. The Hall–Kier alpha value is -2.00. The zero-order valence-electron chi connectivity index (χ0n) is 9.28. The number of nitrogens with two attached hydrogens (primary N) is 1. The minimum absolute atomic E-state index is 0.0576. The fraction of sp³-hybridized carbons (Fsp3) is 0.222. The van der Waals surface area contributed by atoms with E-state index in [2.05, 4.69) is 19.8 Å². The molecule has 0 aromatic carbocycles. The Morgan fingerprint density at radius 1 is 1.33 bits per heavy atom. The summed E-state index contributed by atoms with van der Waals surface area (Å²) in [6.07, 6.45) is 2.78. The summed E-state index contributed by atoms with van der Waals surface area (Å²) >= 11 is 0. The van der Waals surface area contributed by atoms with Crippen molar-refractivity contribution in [3.63, 3.8) is 0 Å². The van der Waals surface area contributed by atoms with Crippen LogP contribution in [0.3, 0.4) is 0 Å². The van der Waals surface area contributed by atoms with Gasteiger partial charge in [0.05, 0.1) is 0 Å². The lowest BCUT2D eigenvalue weighted by atomic mass is 10.4. The van der Waals surface area contributed by atoms with Gasteiger partial charge in [0.25, 0.3) is 0 Å². The highest BCUT2D eigenvalue weighted by Gasteiger charge is 2.14. The van der Waals surface area contributed by atoms with Crippen molar-refractivity contribution in [1.82, 2.24) is 19.8 Å². The number of sulfonamides is 1. The first-order valence-electron chi connectivity index (χ1n) is 5.05. The summed E-state index contributed by atoms with van der Waals surface area (Å²) < 4.78 is 30.8. The van der Waals surface area contributed by atoms with E-state index in [0.717, 1.165) is 0 Å². The number of anilines is 1. The first-order chi connectivity index (χ1) is 8.58. The molecule has 0 spiro atoms. The van der Waals surface area contributed by atoms with Gasteiger partial charge in [0.15, 0.2) is 6.33 Å². The number of pyridine rings is 1. The number of aromatic nitrogens is 3. The standard InChI is InChI=1S/C9H11N5O3S/c10-8-2-1-7(5-11-8)18(15,16)14-4-3-9-12-6-13-17-9/h1-2,5-6,14H,3-4H2,(H2,10,11). The SMILES string of the molecule is Nc1ccc(S(=O)(=O)NCCc2ncno2)cn1. The van der Waals surface area contributed by atoms with Crippen LogP contribution in [0.25, 0.3) is 0 Å². The van der Waals surface area contributed by atoms with Gasteiger partial charge in [-0.2, -0.15) is 4.98 Å². The Labute approximate surface area is 103 Å². The summed E-state index contributed by atoms with van der Waals surface area (Å²) in [5.74, 6) is 0.632. The summed E-state index contributed by atoms with van der Waals surface area (Å²) in [5, 5.41) is 3.42. The maximum atomic E-state index is 11.8. The van der Waals surface area contributed by atoms with E-state index in [1.54, 1.807) is 0 Å². The lowest BCUT2D eigenvalue weighted by molar-refractivity contribution is 0.377. The summed E-state index contributed by atoms with van der Waals surface area (Å²) in [5.41, 5.74) is 5.38. The van der Waals surface area contributed by atoms with Crippen molar-refractivity contribution in [1.29, 1.82) is 0 Å². The summed E-state index contributed by atoms with van der Waals surface area (Å²) in [6, 6.07) is 2.81. The van der Waals surface area contributed by atoms with E-state index in [1.807, 2.05) is 0 Å². The van der Waals surface area contributed by atoms with Crippen molar-refractivity contribution in [2.24, 2.45) is 0 Å². The van der Waals surface area contributed by atoms with E-state index in [1.165, 1.54) is 24.7 Å². The summed E-state index contributed by atoms with van der Waals surface area (Å²) in [4.78, 5) is 7.56. The van der Waals surface area contributed by atoms with Gasteiger partial charge in [-0.1, -0.05) is 5.16 Å². The number of rotatable bonds is 5. The van der Waals surface area contributed by atoms with Crippen molar-refractivity contribution in [3.8, 4) is 0 Å². The van der Waals surface area contributed by atoms with E-state index in [4.69, 9.17) is 10.3 Å². The molecule has 0 saturated heterocycles. The highest BCUT2D eigenvalue weighted by atomic mass is 32.2. The molecule has 0 amide bonds. The fourth-order valence-electron chi connectivity index (χ4n) is 1.23. The van der Waals surface area contributed by atoms with E-state index >= 15 is 0 Å². The Kier molecular flexibility index (Phi) is 3.53. The van der Waals surface area contributed by atoms with Crippen LogP contribution in [0.15, 0.2) is 34.1 Å². The lowest BCUT2D eigenvalue weighted by Gasteiger charge is -2.04. The van der Waals surface area contributed by atoms with E-state index < -0.39 is 10.0 Å². The van der Waals surface area contributed by atoms with Crippen molar-refractivity contribution in [2.75, 3.05) is 12.3 Å². The predicted octanol–water partition coefficient (Wildman–Crippen LogP) is -0.432. The van der Waals surface area contributed by atoms with E-state index in [0.29, 0.717) is 12.3 Å². The monoisotopic (exact) mass is 269 g/mol. The maximum Gasteiger partial charge on any atom is 0.242 e. The molecule has 8 nitrogen and oxygen atoms in total. The highest BCUT2D eigenvalue weighted by molar-refractivity contribution is 7.89. The Morgan fingerprint density at radius 3 is 2.78 bits per heavy atom. The number of hydrogen-bond donors (Lipinski definition) is 2. The molecule has 0 fully saturated rings. The molecule has 0 bridgehead atoms. The molecule has 9 heteroatoms. The summed E-state index contributed by atoms with van der Waals surface area (Å²) in [7, 11) is -3.59. The highest BCUT2D eigenvalue weighted by Crippen LogP contribution is 2.08. The average Bonchev–Trinajstić information content (AvgIpc) is 2.82. The van der Waals surface area contributed by atoms with Gasteiger partial charge in [-0.05, 0) is 12.1 Å². The van der Waals surface area contributed by atoms with Gasteiger partial charge in [-0.15, -0.1) is 0 Å². The maximum absolute atomic E-state index is 11.8. The zero-order valence-corrected chi connectivity index (χ0v) is 10.1. The first-order valence-corrected chi connectivity index (χ1v) is 6.53. The number of nitrogens with one attached hydrogen (secondary N) is 1. The second-order valence-corrected chi connectivity index (χ2v) is 5.17. The van der Waals surface area contributed by atoms with Gasteiger partial charge in [0, 0.05) is 19.2 Å². The molecule has 2 aromatic heterocycles. The van der Waals surface area contributed by atoms with Crippen LogP contribution >= 0.6 is 0 Å². The third-order valence-electron chi connectivity index (χ3n) is 2.11. The molecule has 0 saturated carbocycles. The van der Waals surface area contributed by atoms with Gasteiger partial charge in [0.2, 0.25) is 15.9 Å². The fourth-order valence-corrected chi connectivity index (χ4v) is 2.21. The molecule has 0 aliphatic rings. The molecular formula is C9H11N5O3S. The van der Waals surface area contributed by atoms with Crippen LogP contribution in [0.2, 0.25) is 0 Å². The largest absolute Gasteiger partial charge is 0.384 e. The molecule has 0 aliphatic carbocycles. The first kappa shape index (κ1) is 12.5. The van der Waals surface area contributed by atoms with Crippen LogP contribution < -0.4 is 10.5 Å².